The quantitative estimate of drug-likeness (QED) is 0.342. The molecule has 3 heterocycles. The summed E-state index contributed by atoms with van der Waals surface area (Å²) < 4.78 is 22.5. The van der Waals surface area contributed by atoms with Crippen LogP contribution in [0.3, 0.4) is 0 Å². The molecule has 0 unspecified atom stereocenters. The number of benzene rings is 2. The fourth-order valence-electron chi connectivity index (χ4n) is 4.18. The summed E-state index contributed by atoms with van der Waals surface area (Å²) in [4.78, 5) is 18.3. The molecule has 0 aliphatic rings. The number of fused-ring (bicyclic) bond motifs is 1. The van der Waals surface area contributed by atoms with Gasteiger partial charge in [0.25, 0.3) is 5.56 Å². The smallest absolute Gasteiger partial charge is 0.267 e. The zero-order valence-corrected chi connectivity index (χ0v) is 20.0. The third-order valence-electron chi connectivity index (χ3n) is 6.04. The second-order valence-corrected chi connectivity index (χ2v) is 8.73. The van der Waals surface area contributed by atoms with Gasteiger partial charge in [-0.2, -0.15) is 5.10 Å². The lowest BCUT2D eigenvalue weighted by molar-refractivity contribution is 0.307. The predicted octanol–water partition coefficient (Wildman–Crippen LogP) is 5.50. The molecular weight excluding hydrogens is 443 g/mol. The topological polar surface area (TPSA) is 61.4 Å². The minimum absolute atomic E-state index is 0.217. The summed E-state index contributed by atoms with van der Waals surface area (Å²) >= 11 is 0. The van der Waals surface area contributed by atoms with Crippen LogP contribution in [0.15, 0.2) is 71.7 Å². The Morgan fingerprint density at radius 1 is 0.971 bits per heavy atom. The van der Waals surface area contributed by atoms with Gasteiger partial charge < -0.3 is 4.74 Å². The lowest BCUT2D eigenvalue weighted by atomic mass is 10.1. The molecule has 35 heavy (non-hydrogen) atoms. The van der Waals surface area contributed by atoms with Gasteiger partial charge in [0.15, 0.2) is 11.4 Å². The van der Waals surface area contributed by atoms with Gasteiger partial charge in [-0.25, -0.2) is 14.1 Å². The van der Waals surface area contributed by atoms with Crippen molar-refractivity contribution in [2.75, 3.05) is 0 Å². The van der Waals surface area contributed by atoms with E-state index in [0.29, 0.717) is 28.3 Å². The van der Waals surface area contributed by atoms with E-state index < -0.39 is 0 Å². The average molecular weight is 469 g/mol. The first-order valence-electron chi connectivity index (χ1n) is 11.4. The van der Waals surface area contributed by atoms with Crippen LogP contribution in [-0.2, 0) is 6.61 Å². The van der Waals surface area contributed by atoms with Crippen LogP contribution >= 0.6 is 0 Å². The molecule has 0 saturated carbocycles. The lowest BCUT2D eigenvalue weighted by Crippen LogP contribution is -2.19. The second-order valence-electron chi connectivity index (χ2n) is 8.73. The monoisotopic (exact) mass is 468 g/mol. The van der Waals surface area contributed by atoms with Crippen molar-refractivity contribution in [2.45, 2.75) is 34.3 Å². The zero-order chi connectivity index (χ0) is 24.7. The van der Waals surface area contributed by atoms with Crippen LogP contribution in [-0.4, -0.2) is 19.2 Å². The number of hydrogen-bond donors (Lipinski definition) is 0. The Hall–Kier alpha value is -4.26. The standard InChI is InChI=1S/C28H25FN4O2/c1-17-7-8-18(2)24(14-17)33-19(3)15-23(31-33)26-20(4)30-27-25(6-5-13-32(27)28(26)34)35-16-21-9-11-22(29)12-10-21/h5-15H,16H2,1-4H3. The minimum atomic E-state index is -0.300. The predicted molar refractivity (Wildman–Crippen MR) is 134 cm³/mol. The Morgan fingerprint density at radius 3 is 2.51 bits per heavy atom. The van der Waals surface area contributed by atoms with Crippen LogP contribution in [0, 0.1) is 33.5 Å². The highest BCUT2D eigenvalue weighted by Gasteiger charge is 2.19. The summed E-state index contributed by atoms with van der Waals surface area (Å²) in [7, 11) is 0. The van der Waals surface area contributed by atoms with E-state index in [1.54, 1.807) is 37.4 Å². The highest BCUT2D eigenvalue weighted by Crippen LogP contribution is 2.25. The molecule has 0 amide bonds. The van der Waals surface area contributed by atoms with Gasteiger partial charge in [-0.05, 0) is 80.8 Å². The number of aryl methyl sites for hydroxylation is 4. The molecular formula is C28H25FN4O2. The van der Waals surface area contributed by atoms with E-state index in [0.717, 1.165) is 28.1 Å². The largest absolute Gasteiger partial charge is 0.485 e. The third kappa shape index (κ3) is 4.21. The minimum Gasteiger partial charge on any atom is -0.485 e. The molecule has 176 valence electrons. The van der Waals surface area contributed by atoms with Crippen molar-refractivity contribution >= 4 is 5.65 Å². The van der Waals surface area contributed by atoms with Crippen LogP contribution in [0.25, 0.3) is 22.6 Å². The summed E-state index contributed by atoms with van der Waals surface area (Å²) in [5.74, 6) is 0.172. The lowest BCUT2D eigenvalue weighted by Gasteiger charge is -2.12. The maximum atomic E-state index is 13.6. The van der Waals surface area contributed by atoms with E-state index in [2.05, 4.69) is 18.2 Å². The van der Waals surface area contributed by atoms with Crippen LogP contribution < -0.4 is 10.3 Å². The van der Waals surface area contributed by atoms with Crippen molar-refractivity contribution in [3.63, 3.8) is 0 Å². The fourth-order valence-corrected chi connectivity index (χ4v) is 4.18. The molecule has 0 aliphatic heterocycles. The van der Waals surface area contributed by atoms with Gasteiger partial charge in [0, 0.05) is 11.9 Å². The van der Waals surface area contributed by atoms with Crippen molar-refractivity contribution in [3.8, 4) is 22.7 Å². The number of halogens is 1. The van der Waals surface area contributed by atoms with Gasteiger partial charge in [0.2, 0.25) is 0 Å². The van der Waals surface area contributed by atoms with E-state index in [1.165, 1.54) is 16.5 Å². The molecule has 7 heteroatoms. The number of rotatable bonds is 5. The first-order chi connectivity index (χ1) is 16.8. The average Bonchev–Trinajstić information content (AvgIpc) is 3.21. The molecule has 0 N–H and O–H groups in total. The molecule has 0 radical (unpaired) electrons. The summed E-state index contributed by atoms with van der Waals surface area (Å²) in [6.45, 7) is 8.10. The Balaban J connectivity index is 1.56. The fraction of sp³-hybridized carbons (Fsp3) is 0.179. The van der Waals surface area contributed by atoms with Crippen LogP contribution in [0.4, 0.5) is 4.39 Å². The molecule has 0 spiro atoms. The molecule has 2 aromatic carbocycles. The molecule has 3 aromatic heterocycles. The van der Waals surface area contributed by atoms with Gasteiger partial charge in [0.1, 0.15) is 18.1 Å². The van der Waals surface area contributed by atoms with Crippen molar-refractivity contribution in [3.05, 3.63) is 111 Å². The Morgan fingerprint density at radius 2 is 1.74 bits per heavy atom. The van der Waals surface area contributed by atoms with E-state index in [4.69, 9.17) is 14.8 Å². The molecule has 0 fully saturated rings. The highest BCUT2D eigenvalue weighted by atomic mass is 19.1. The summed E-state index contributed by atoms with van der Waals surface area (Å²) in [6.07, 6.45) is 1.67. The summed E-state index contributed by atoms with van der Waals surface area (Å²) in [6, 6.07) is 17.8. The maximum absolute atomic E-state index is 13.6. The summed E-state index contributed by atoms with van der Waals surface area (Å²) in [5.41, 5.74) is 6.76. The number of nitrogens with zero attached hydrogens (tertiary/aromatic N) is 4. The van der Waals surface area contributed by atoms with Gasteiger partial charge in [-0.15, -0.1) is 0 Å². The third-order valence-corrected chi connectivity index (χ3v) is 6.04. The molecule has 5 rings (SSSR count). The first kappa shape index (κ1) is 22.5. The van der Waals surface area contributed by atoms with Crippen LogP contribution in [0.2, 0.25) is 0 Å². The van der Waals surface area contributed by atoms with Crippen molar-refractivity contribution in [1.82, 2.24) is 19.2 Å². The first-order valence-corrected chi connectivity index (χ1v) is 11.4. The van der Waals surface area contributed by atoms with Crippen molar-refractivity contribution < 1.29 is 9.13 Å². The number of hydrogen-bond acceptors (Lipinski definition) is 4. The molecule has 0 bridgehead atoms. The number of ether oxygens (including phenoxy) is 1. The van der Waals surface area contributed by atoms with Crippen molar-refractivity contribution in [2.24, 2.45) is 0 Å². The molecule has 0 aliphatic carbocycles. The zero-order valence-electron chi connectivity index (χ0n) is 20.0. The Kier molecular flexibility index (Phi) is 5.68. The highest BCUT2D eigenvalue weighted by molar-refractivity contribution is 5.66. The van der Waals surface area contributed by atoms with E-state index in [-0.39, 0.29) is 18.0 Å². The molecule has 6 nitrogen and oxygen atoms in total. The van der Waals surface area contributed by atoms with Crippen LogP contribution in [0.1, 0.15) is 28.1 Å². The summed E-state index contributed by atoms with van der Waals surface area (Å²) in [5, 5.41) is 4.79. The van der Waals surface area contributed by atoms with Crippen molar-refractivity contribution in [1.29, 1.82) is 0 Å². The SMILES string of the molecule is Cc1ccc(C)c(-n2nc(-c3c(C)nc4c(OCc5ccc(F)cc5)cccn4c3=O)cc2C)c1. The molecule has 5 aromatic rings. The number of pyridine rings is 1. The normalized spacial score (nSPS) is 11.2. The van der Waals surface area contributed by atoms with Gasteiger partial charge in [0.05, 0.1) is 16.9 Å². The van der Waals surface area contributed by atoms with Gasteiger partial charge in [-0.3, -0.25) is 9.20 Å². The van der Waals surface area contributed by atoms with E-state index >= 15 is 0 Å². The molecule has 0 atom stereocenters. The number of aromatic nitrogens is 4. The van der Waals surface area contributed by atoms with Crippen LogP contribution in [0.5, 0.6) is 5.75 Å². The molecule has 0 saturated heterocycles. The van der Waals surface area contributed by atoms with Gasteiger partial charge in [-0.1, -0.05) is 24.3 Å². The second kappa shape index (κ2) is 8.83. The van der Waals surface area contributed by atoms with E-state index in [9.17, 15) is 9.18 Å². The Labute approximate surface area is 202 Å². The van der Waals surface area contributed by atoms with E-state index in [1.807, 2.05) is 31.5 Å². The Bertz CT molecular complexity index is 1620. The van der Waals surface area contributed by atoms with Gasteiger partial charge >= 0.3 is 0 Å². The maximum Gasteiger partial charge on any atom is 0.267 e.